The number of amides is 1. The van der Waals surface area contributed by atoms with Crippen LogP contribution in [0.25, 0.3) is 0 Å². The van der Waals surface area contributed by atoms with Crippen molar-refractivity contribution in [2.75, 3.05) is 26.2 Å². The number of hydrogen-bond acceptors (Lipinski definition) is 3. The third-order valence-corrected chi connectivity index (χ3v) is 3.77. The van der Waals surface area contributed by atoms with E-state index in [1.165, 1.54) is 12.8 Å². The lowest BCUT2D eigenvalue weighted by Crippen LogP contribution is -2.38. The molecule has 1 heterocycles. The second kappa shape index (κ2) is 8.67. The number of ether oxygens (including phenoxy) is 1. The van der Waals surface area contributed by atoms with E-state index in [1.807, 2.05) is 36.1 Å². The summed E-state index contributed by atoms with van der Waals surface area (Å²) in [6, 6.07) is 8.01. The van der Waals surface area contributed by atoms with E-state index in [-0.39, 0.29) is 5.91 Å². The molecule has 0 spiro atoms. The van der Waals surface area contributed by atoms with Crippen molar-refractivity contribution in [3.05, 3.63) is 29.8 Å². The molecule has 4 nitrogen and oxygen atoms in total. The fourth-order valence-electron chi connectivity index (χ4n) is 2.66. The van der Waals surface area contributed by atoms with Gasteiger partial charge in [0.25, 0.3) is 0 Å². The largest absolute Gasteiger partial charge is 0.494 e. The highest BCUT2D eigenvalue weighted by atomic mass is 16.5. The minimum Gasteiger partial charge on any atom is -0.494 e. The molecule has 1 aromatic rings. The molecule has 1 aliphatic heterocycles. The molecule has 116 valence electrons. The number of likely N-dealkylation sites (tertiary alicyclic amines) is 1. The fourth-order valence-corrected chi connectivity index (χ4v) is 2.66. The van der Waals surface area contributed by atoms with Crippen LogP contribution in [0, 0.1) is 0 Å². The van der Waals surface area contributed by atoms with Crippen molar-refractivity contribution in [3.8, 4) is 5.75 Å². The second-order valence-corrected chi connectivity index (χ2v) is 5.48. The first kappa shape index (κ1) is 15.8. The molecular weight excluding hydrogens is 264 g/mol. The molecule has 0 atom stereocenters. The third-order valence-electron chi connectivity index (χ3n) is 3.77. The number of carbonyl (C=O) groups is 1. The Labute approximate surface area is 127 Å². The van der Waals surface area contributed by atoms with Crippen LogP contribution < -0.4 is 10.1 Å². The highest BCUT2D eigenvalue weighted by Crippen LogP contribution is 2.13. The van der Waals surface area contributed by atoms with Gasteiger partial charge in [-0.25, -0.2) is 0 Å². The highest BCUT2D eigenvalue weighted by Gasteiger charge is 2.14. The average molecular weight is 290 g/mol. The van der Waals surface area contributed by atoms with Gasteiger partial charge in [0.1, 0.15) is 5.75 Å². The van der Waals surface area contributed by atoms with Gasteiger partial charge in [-0.05, 0) is 37.5 Å². The summed E-state index contributed by atoms with van der Waals surface area (Å²) in [7, 11) is 0. The zero-order chi connectivity index (χ0) is 14.9. The molecule has 4 heteroatoms. The van der Waals surface area contributed by atoms with Gasteiger partial charge in [-0.2, -0.15) is 0 Å². The molecule has 2 rings (SSSR count). The average Bonchev–Trinajstić information content (AvgIpc) is 2.77. The number of nitrogens with one attached hydrogen (secondary N) is 1. The zero-order valence-corrected chi connectivity index (χ0v) is 12.9. The molecule has 1 aliphatic rings. The van der Waals surface area contributed by atoms with Gasteiger partial charge in [0.15, 0.2) is 0 Å². The van der Waals surface area contributed by atoms with Crippen LogP contribution in [-0.4, -0.2) is 37.0 Å². The van der Waals surface area contributed by atoms with Crippen LogP contribution in [0.15, 0.2) is 24.3 Å². The summed E-state index contributed by atoms with van der Waals surface area (Å²) < 4.78 is 5.48. The summed E-state index contributed by atoms with van der Waals surface area (Å²) in [5.41, 5.74) is 1.14. The van der Waals surface area contributed by atoms with E-state index in [0.717, 1.165) is 37.2 Å². The Morgan fingerprint density at radius 1 is 1.24 bits per heavy atom. The number of nitrogens with zero attached hydrogens (tertiary/aromatic N) is 1. The number of carbonyl (C=O) groups excluding carboxylic acids is 1. The van der Waals surface area contributed by atoms with Gasteiger partial charge in [-0.3, -0.25) is 4.79 Å². The Hall–Kier alpha value is -1.55. The van der Waals surface area contributed by atoms with Gasteiger partial charge in [0.05, 0.1) is 13.2 Å². The van der Waals surface area contributed by atoms with Gasteiger partial charge >= 0.3 is 0 Å². The molecular formula is C17H26N2O2. The minimum atomic E-state index is 0.220. The van der Waals surface area contributed by atoms with E-state index in [0.29, 0.717) is 19.7 Å². The van der Waals surface area contributed by atoms with Crippen molar-refractivity contribution in [3.63, 3.8) is 0 Å². The van der Waals surface area contributed by atoms with Gasteiger partial charge < -0.3 is 15.0 Å². The van der Waals surface area contributed by atoms with E-state index in [1.54, 1.807) is 0 Å². The standard InChI is InChI=1S/C17H26N2O2/c1-2-21-16-9-7-8-15(12-16)13-18-14-17(20)19-10-5-3-4-6-11-19/h7-9,12,18H,2-6,10-11,13-14H2,1H3. The molecule has 1 aromatic carbocycles. The lowest BCUT2D eigenvalue weighted by Gasteiger charge is -2.20. The molecule has 0 radical (unpaired) electrons. The molecule has 1 amide bonds. The van der Waals surface area contributed by atoms with Crippen molar-refractivity contribution < 1.29 is 9.53 Å². The molecule has 0 unspecified atom stereocenters. The van der Waals surface area contributed by atoms with Crippen LogP contribution in [0.3, 0.4) is 0 Å². The minimum absolute atomic E-state index is 0.220. The lowest BCUT2D eigenvalue weighted by atomic mass is 10.2. The predicted octanol–water partition coefficient (Wildman–Crippen LogP) is 2.58. The Morgan fingerprint density at radius 2 is 2.00 bits per heavy atom. The van der Waals surface area contributed by atoms with E-state index < -0.39 is 0 Å². The van der Waals surface area contributed by atoms with E-state index in [4.69, 9.17) is 4.74 Å². The molecule has 21 heavy (non-hydrogen) atoms. The molecule has 1 fully saturated rings. The second-order valence-electron chi connectivity index (χ2n) is 5.48. The molecule has 1 N–H and O–H groups in total. The summed E-state index contributed by atoms with van der Waals surface area (Å²) in [6.45, 7) is 5.59. The summed E-state index contributed by atoms with van der Waals surface area (Å²) >= 11 is 0. The highest BCUT2D eigenvalue weighted by molar-refractivity contribution is 5.78. The van der Waals surface area contributed by atoms with E-state index >= 15 is 0 Å². The smallest absolute Gasteiger partial charge is 0.236 e. The zero-order valence-electron chi connectivity index (χ0n) is 12.9. The Morgan fingerprint density at radius 3 is 2.71 bits per heavy atom. The fraction of sp³-hybridized carbons (Fsp3) is 0.588. The summed E-state index contributed by atoms with van der Waals surface area (Å²) in [5, 5.41) is 3.24. The van der Waals surface area contributed by atoms with Crippen molar-refractivity contribution >= 4 is 5.91 Å². The number of rotatable bonds is 6. The van der Waals surface area contributed by atoms with Crippen molar-refractivity contribution in [2.45, 2.75) is 39.2 Å². The monoisotopic (exact) mass is 290 g/mol. The third kappa shape index (κ3) is 5.38. The van der Waals surface area contributed by atoms with Crippen LogP contribution >= 0.6 is 0 Å². The summed E-state index contributed by atoms with van der Waals surface area (Å²) in [4.78, 5) is 14.1. The van der Waals surface area contributed by atoms with Gasteiger partial charge in [-0.1, -0.05) is 25.0 Å². The van der Waals surface area contributed by atoms with Crippen molar-refractivity contribution in [2.24, 2.45) is 0 Å². The van der Waals surface area contributed by atoms with Crippen LogP contribution in [0.1, 0.15) is 38.2 Å². The number of benzene rings is 1. The normalized spacial score (nSPS) is 15.6. The lowest BCUT2D eigenvalue weighted by molar-refractivity contribution is -0.130. The Bertz CT molecular complexity index is 440. The summed E-state index contributed by atoms with van der Waals surface area (Å²) in [5.74, 6) is 1.11. The summed E-state index contributed by atoms with van der Waals surface area (Å²) in [6.07, 6.45) is 4.78. The van der Waals surface area contributed by atoms with Gasteiger partial charge in [0.2, 0.25) is 5.91 Å². The first-order valence-corrected chi connectivity index (χ1v) is 8.00. The predicted molar refractivity (Wildman–Crippen MR) is 84.4 cm³/mol. The van der Waals surface area contributed by atoms with E-state index in [9.17, 15) is 4.79 Å². The SMILES string of the molecule is CCOc1cccc(CNCC(=O)N2CCCCCC2)c1. The molecule has 0 saturated carbocycles. The van der Waals surface area contributed by atoms with E-state index in [2.05, 4.69) is 5.32 Å². The van der Waals surface area contributed by atoms with Crippen LogP contribution in [0.4, 0.5) is 0 Å². The quantitative estimate of drug-likeness (QED) is 0.875. The molecule has 0 bridgehead atoms. The van der Waals surface area contributed by atoms with Crippen LogP contribution in [0.5, 0.6) is 5.75 Å². The maximum atomic E-state index is 12.1. The van der Waals surface area contributed by atoms with Crippen molar-refractivity contribution in [1.29, 1.82) is 0 Å². The first-order valence-electron chi connectivity index (χ1n) is 8.00. The van der Waals surface area contributed by atoms with Gasteiger partial charge in [0, 0.05) is 19.6 Å². The molecule has 0 aliphatic carbocycles. The van der Waals surface area contributed by atoms with Crippen LogP contribution in [-0.2, 0) is 11.3 Å². The van der Waals surface area contributed by atoms with Crippen molar-refractivity contribution in [1.82, 2.24) is 10.2 Å². The first-order chi connectivity index (χ1) is 10.3. The maximum Gasteiger partial charge on any atom is 0.236 e. The molecule has 0 aromatic heterocycles. The molecule has 1 saturated heterocycles. The Balaban J connectivity index is 1.75. The maximum absolute atomic E-state index is 12.1. The Kier molecular flexibility index (Phi) is 6.54. The van der Waals surface area contributed by atoms with Crippen LogP contribution in [0.2, 0.25) is 0 Å². The topological polar surface area (TPSA) is 41.6 Å². The van der Waals surface area contributed by atoms with Gasteiger partial charge in [-0.15, -0.1) is 0 Å². The number of hydrogen-bond donors (Lipinski definition) is 1.